The molecular formula is C15H18O2. The highest BCUT2D eigenvalue weighted by molar-refractivity contribution is 5.86. The zero-order valence-corrected chi connectivity index (χ0v) is 10.1. The lowest BCUT2D eigenvalue weighted by atomic mass is 9.89. The molecule has 17 heavy (non-hydrogen) atoms. The molecule has 1 aliphatic heterocycles. The molecule has 0 amide bonds. The summed E-state index contributed by atoms with van der Waals surface area (Å²) < 4.78 is 5.51. The lowest BCUT2D eigenvalue weighted by molar-refractivity contribution is -0.120. The van der Waals surface area contributed by atoms with Crippen molar-refractivity contribution in [3.05, 3.63) is 29.3 Å². The van der Waals surface area contributed by atoms with Crippen molar-refractivity contribution in [2.24, 2.45) is 0 Å². The third-order valence-corrected chi connectivity index (χ3v) is 3.92. The second-order valence-electron chi connectivity index (χ2n) is 5.08. The van der Waals surface area contributed by atoms with Crippen LogP contribution in [0.3, 0.4) is 0 Å². The molecule has 2 nitrogen and oxygen atoms in total. The molecule has 1 aliphatic carbocycles. The Kier molecular flexibility index (Phi) is 2.87. The molecule has 1 saturated carbocycles. The second kappa shape index (κ2) is 4.52. The van der Waals surface area contributed by atoms with E-state index in [0.29, 0.717) is 5.78 Å². The first kappa shape index (κ1) is 10.8. The third-order valence-electron chi connectivity index (χ3n) is 3.92. The van der Waals surface area contributed by atoms with E-state index in [4.69, 9.17) is 4.74 Å². The van der Waals surface area contributed by atoms with Crippen LogP contribution in [0, 0.1) is 0 Å². The summed E-state index contributed by atoms with van der Waals surface area (Å²) in [5.74, 6) is 1.58. The minimum atomic E-state index is 0.142. The SMILES string of the molecule is O=C1CCCCCC1c1ccc2c(c1)CCO2. The molecule has 0 aromatic heterocycles. The van der Waals surface area contributed by atoms with Gasteiger partial charge >= 0.3 is 0 Å². The number of hydrogen-bond donors (Lipinski definition) is 0. The van der Waals surface area contributed by atoms with Crippen molar-refractivity contribution >= 4 is 5.78 Å². The number of hydrogen-bond acceptors (Lipinski definition) is 2. The first-order valence-corrected chi connectivity index (χ1v) is 6.63. The lowest BCUT2D eigenvalue weighted by Gasteiger charge is -2.14. The van der Waals surface area contributed by atoms with Crippen LogP contribution in [0.2, 0.25) is 0 Å². The van der Waals surface area contributed by atoms with E-state index in [1.165, 1.54) is 24.0 Å². The topological polar surface area (TPSA) is 26.3 Å². The molecule has 2 heteroatoms. The summed E-state index contributed by atoms with van der Waals surface area (Å²) >= 11 is 0. The van der Waals surface area contributed by atoms with Crippen LogP contribution in [0.4, 0.5) is 0 Å². The number of carbonyl (C=O) groups is 1. The van der Waals surface area contributed by atoms with Crippen molar-refractivity contribution < 1.29 is 9.53 Å². The fraction of sp³-hybridized carbons (Fsp3) is 0.533. The molecule has 0 N–H and O–H groups in total. The summed E-state index contributed by atoms with van der Waals surface area (Å²) in [7, 11) is 0. The van der Waals surface area contributed by atoms with E-state index in [1.54, 1.807) is 0 Å². The van der Waals surface area contributed by atoms with Gasteiger partial charge in [-0.15, -0.1) is 0 Å². The fourth-order valence-corrected chi connectivity index (χ4v) is 2.94. The maximum Gasteiger partial charge on any atom is 0.140 e. The molecule has 3 rings (SSSR count). The van der Waals surface area contributed by atoms with Crippen LogP contribution in [-0.4, -0.2) is 12.4 Å². The summed E-state index contributed by atoms with van der Waals surface area (Å²) in [5.41, 5.74) is 2.49. The second-order valence-corrected chi connectivity index (χ2v) is 5.08. The van der Waals surface area contributed by atoms with Gasteiger partial charge in [0.2, 0.25) is 0 Å². The zero-order chi connectivity index (χ0) is 11.7. The minimum Gasteiger partial charge on any atom is -0.493 e. The van der Waals surface area contributed by atoms with Crippen molar-refractivity contribution in [3.8, 4) is 5.75 Å². The van der Waals surface area contributed by atoms with E-state index >= 15 is 0 Å². The predicted octanol–water partition coefficient (Wildman–Crippen LogP) is 3.24. The molecule has 1 heterocycles. The van der Waals surface area contributed by atoms with Gasteiger partial charge in [0.1, 0.15) is 11.5 Å². The summed E-state index contributed by atoms with van der Waals surface area (Å²) in [6.07, 6.45) is 6.24. The maximum absolute atomic E-state index is 12.1. The van der Waals surface area contributed by atoms with Crippen molar-refractivity contribution in [3.63, 3.8) is 0 Å². The van der Waals surface area contributed by atoms with Gasteiger partial charge in [0, 0.05) is 18.8 Å². The van der Waals surface area contributed by atoms with Gasteiger partial charge in [-0.25, -0.2) is 0 Å². The summed E-state index contributed by atoms with van der Waals surface area (Å²) in [6.45, 7) is 0.789. The summed E-state index contributed by atoms with van der Waals surface area (Å²) in [6, 6.07) is 6.31. The smallest absolute Gasteiger partial charge is 0.140 e. The van der Waals surface area contributed by atoms with E-state index < -0.39 is 0 Å². The highest BCUT2D eigenvalue weighted by atomic mass is 16.5. The molecule has 1 aromatic carbocycles. The first-order chi connectivity index (χ1) is 8.34. The molecule has 0 bridgehead atoms. The Morgan fingerprint density at radius 1 is 1.12 bits per heavy atom. The number of ketones is 1. The molecular weight excluding hydrogens is 212 g/mol. The van der Waals surface area contributed by atoms with Gasteiger partial charge in [-0.1, -0.05) is 25.0 Å². The number of fused-ring (bicyclic) bond motifs is 1. The summed E-state index contributed by atoms with van der Waals surface area (Å²) in [4.78, 5) is 12.1. The van der Waals surface area contributed by atoms with Crippen LogP contribution in [0.1, 0.15) is 49.1 Å². The standard InChI is InChI=1S/C15H18O2/c16-14-5-3-1-2-4-13(14)11-6-7-15-12(10-11)8-9-17-15/h6-7,10,13H,1-5,8-9H2. The van der Waals surface area contributed by atoms with Crippen LogP contribution in [0.15, 0.2) is 18.2 Å². The fourth-order valence-electron chi connectivity index (χ4n) is 2.94. The molecule has 1 fully saturated rings. The highest BCUT2D eigenvalue weighted by Gasteiger charge is 2.24. The maximum atomic E-state index is 12.1. The van der Waals surface area contributed by atoms with Crippen LogP contribution in [0.5, 0.6) is 5.75 Å². The third kappa shape index (κ3) is 2.08. The number of ether oxygens (including phenoxy) is 1. The van der Waals surface area contributed by atoms with Crippen LogP contribution in [0.25, 0.3) is 0 Å². The lowest BCUT2D eigenvalue weighted by Crippen LogP contribution is -2.10. The van der Waals surface area contributed by atoms with E-state index in [-0.39, 0.29) is 5.92 Å². The molecule has 90 valence electrons. The Balaban J connectivity index is 1.89. The monoisotopic (exact) mass is 230 g/mol. The molecule has 0 spiro atoms. The van der Waals surface area contributed by atoms with Crippen molar-refractivity contribution in [2.75, 3.05) is 6.61 Å². The van der Waals surface area contributed by atoms with Crippen LogP contribution < -0.4 is 4.74 Å². The Morgan fingerprint density at radius 3 is 3.00 bits per heavy atom. The van der Waals surface area contributed by atoms with E-state index in [1.807, 2.05) is 6.07 Å². The Bertz CT molecular complexity index is 437. The molecule has 1 unspecified atom stereocenters. The van der Waals surface area contributed by atoms with Gasteiger partial charge in [-0.2, -0.15) is 0 Å². The Hall–Kier alpha value is -1.31. The number of benzene rings is 1. The summed E-state index contributed by atoms with van der Waals surface area (Å²) in [5, 5.41) is 0. The van der Waals surface area contributed by atoms with Gasteiger partial charge in [0.15, 0.2) is 0 Å². The largest absolute Gasteiger partial charge is 0.493 e. The zero-order valence-electron chi connectivity index (χ0n) is 10.1. The number of carbonyl (C=O) groups excluding carboxylic acids is 1. The first-order valence-electron chi connectivity index (χ1n) is 6.63. The van der Waals surface area contributed by atoms with Gasteiger partial charge in [-0.3, -0.25) is 4.79 Å². The predicted molar refractivity (Wildman–Crippen MR) is 66.5 cm³/mol. The highest BCUT2D eigenvalue weighted by Crippen LogP contribution is 2.33. The molecule has 2 aliphatic rings. The van der Waals surface area contributed by atoms with Crippen LogP contribution in [-0.2, 0) is 11.2 Å². The van der Waals surface area contributed by atoms with Crippen LogP contribution >= 0.6 is 0 Å². The molecule has 0 radical (unpaired) electrons. The molecule has 0 saturated heterocycles. The van der Waals surface area contributed by atoms with Gasteiger partial charge in [0.05, 0.1) is 6.61 Å². The average Bonchev–Trinajstić information content (AvgIpc) is 2.70. The number of Topliss-reactive ketones (excluding diaryl/α,β-unsaturated/α-hetero) is 1. The van der Waals surface area contributed by atoms with Gasteiger partial charge in [-0.05, 0) is 30.0 Å². The Morgan fingerprint density at radius 2 is 2.06 bits per heavy atom. The quantitative estimate of drug-likeness (QED) is 0.692. The van der Waals surface area contributed by atoms with E-state index in [2.05, 4.69) is 12.1 Å². The van der Waals surface area contributed by atoms with E-state index in [0.717, 1.165) is 38.0 Å². The minimum absolute atomic E-state index is 0.142. The van der Waals surface area contributed by atoms with Crippen molar-refractivity contribution in [2.45, 2.75) is 44.4 Å². The van der Waals surface area contributed by atoms with Crippen molar-refractivity contribution in [1.29, 1.82) is 0 Å². The van der Waals surface area contributed by atoms with E-state index in [9.17, 15) is 4.79 Å². The number of rotatable bonds is 1. The average molecular weight is 230 g/mol. The molecule has 1 atom stereocenters. The normalized spacial score (nSPS) is 24.0. The Labute approximate surface area is 102 Å². The van der Waals surface area contributed by atoms with Gasteiger partial charge in [0.25, 0.3) is 0 Å². The van der Waals surface area contributed by atoms with Gasteiger partial charge < -0.3 is 4.74 Å². The molecule has 1 aromatic rings. The van der Waals surface area contributed by atoms with Crippen molar-refractivity contribution in [1.82, 2.24) is 0 Å².